The molecule has 5 nitrogen and oxygen atoms in total. The third-order valence-electron chi connectivity index (χ3n) is 5.47. The van der Waals surface area contributed by atoms with Gasteiger partial charge in [0.25, 0.3) is 0 Å². The molecule has 0 saturated heterocycles. The van der Waals surface area contributed by atoms with E-state index in [0.717, 1.165) is 24.5 Å². The van der Waals surface area contributed by atoms with Crippen LogP contribution in [0.15, 0.2) is 30.5 Å². The zero-order valence-electron chi connectivity index (χ0n) is 18.4. The minimum Gasteiger partial charge on any atom is -0.422 e. The third-order valence-corrected chi connectivity index (χ3v) is 5.47. The number of nitrogens with zero attached hydrogens (tertiary/aromatic N) is 1. The van der Waals surface area contributed by atoms with Gasteiger partial charge in [-0.2, -0.15) is 0 Å². The molecule has 0 saturated carbocycles. The van der Waals surface area contributed by atoms with Crippen LogP contribution in [-0.4, -0.2) is 30.3 Å². The highest BCUT2D eigenvalue weighted by Gasteiger charge is 2.13. The van der Waals surface area contributed by atoms with Gasteiger partial charge in [-0.1, -0.05) is 95.8 Å². The number of fused-ring (bicyclic) bond motifs is 1. The number of hydrogen-bond donors (Lipinski definition) is 0. The average Bonchev–Trinajstić information content (AvgIpc) is 3.15. The Labute approximate surface area is 180 Å². The lowest BCUT2D eigenvalue weighted by Gasteiger charge is -2.07. The van der Waals surface area contributed by atoms with Crippen molar-refractivity contribution in [3.05, 3.63) is 36.0 Å². The van der Waals surface area contributed by atoms with E-state index in [2.05, 4.69) is 6.92 Å². The van der Waals surface area contributed by atoms with Crippen LogP contribution >= 0.6 is 0 Å². The average molecular weight is 416 g/mol. The second-order valence-electron chi connectivity index (χ2n) is 7.91. The Morgan fingerprint density at radius 3 is 2.13 bits per heavy atom. The van der Waals surface area contributed by atoms with Gasteiger partial charge in [-0.15, -0.1) is 0 Å². The number of carbonyl (C=O) groups excluding carboxylic acids is 2. The maximum atomic E-state index is 12.3. The first-order valence-electron chi connectivity index (χ1n) is 11.6. The quantitative estimate of drug-likeness (QED) is 0.166. The first-order valence-corrected chi connectivity index (χ1v) is 11.6. The van der Waals surface area contributed by atoms with Gasteiger partial charge in [0.15, 0.2) is 13.1 Å². The summed E-state index contributed by atoms with van der Waals surface area (Å²) in [5.41, 5.74) is 1.13. The van der Waals surface area contributed by atoms with Crippen molar-refractivity contribution in [1.82, 2.24) is 4.57 Å². The molecule has 0 aliphatic carbocycles. The molecule has 30 heavy (non-hydrogen) atoms. The molecule has 0 amide bonds. The summed E-state index contributed by atoms with van der Waals surface area (Å²) in [7, 11) is 0. The second-order valence-corrected chi connectivity index (χ2v) is 7.91. The molecule has 0 aliphatic rings. The Hall–Kier alpha value is -2.14. The van der Waals surface area contributed by atoms with Crippen LogP contribution in [0.2, 0.25) is 0 Å². The van der Waals surface area contributed by atoms with E-state index < -0.39 is 6.09 Å². The summed E-state index contributed by atoms with van der Waals surface area (Å²) in [5, 5.41) is 0.738. The lowest BCUT2D eigenvalue weighted by molar-refractivity contribution is -0.0155. The largest absolute Gasteiger partial charge is 0.422 e. The number of aldehydes is 1. The first-order chi connectivity index (χ1) is 14.8. The molecule has 1 aromatic heterocycles. The highest BCUT2D eigenvalue weighted by Crippen LogP contribution is 2.20. The fraction of sp³-hybridized carbons (Fsp3) is 0.600. The van der Waals surface area contributed by atoms with Gasteiger partial charge in [0.2, 0.25) is 0 Å². The molecule has 1 aromatic carbocycles. The van der Waals surface area contributed by atoms with Crippen molar-refractivity contribution in [3.63, 3.8) is 0 Å². The van der Waals surface area contributed by atoms with E-state index in [1.807, 2.05) is 18.2 Å². The number of carbonyl (C=O) groups is 2. The van der Waals surface area contributed by atoms with Crippen LogP contribution in [-0.2, 0) is 9.47 Å². The van der Waals surface area contributed by atoms with Gasteiger partial charge in [-0.3, -0.25) is 9.36 Å². The minimum atomic E-state index is -0.533. The van der Waals surface area contributed by atoms with Gasteiger partial charge in [0.05, 0.1) is 12.1 Å². The maximum absolute atomic E-state index is 12.3. The van der Waals surface area contributed by atoms with Crippen molar-refractivity contribution >= 4 is 23.3 Å². The van der Waals surface area contributed by atoms with Gasteiger partial charge in [0, 0.05) is 17.1 Å². The molecule has 2 rings (SSSR count). The van der Waals surface area contributed by atoms with Crippen LogP contribution in [0.1, 0.15) is 94.3 Å². The number of para-hydroxylation sites is 1. The minimum absolute atomic E-state index is 0.0696. The molecule has 0 aliphatic heterocycles. The van der Waals surface area contributed by atoms with E-state index >= 15 is 0 Å². The lowest BCUT2D eigenvalue weighted by atomic mass is 10.1. The Kier molecular flexibility index (Phi) is 11.9. The van der Waals surface area contributed by atoms with Crippen molar-refractivity contribution in [2.45, 2.75) is 84.0 Å². The zero-order chi connectivity index (χ0) is 21.4. The summed E-state index contributed by atoms with van der Waals surface area (Å²) < 4.78 is 12.0. The van der Waals surface area contributed by atoms with Crippen LogP contribution in [0, 0.1) is 0 Å². The summed E-state index contributed by atoms with van der Waals surface area (Å²) in [6.45, 7) is 2.78. The molecule has 5 heteroatoms. The zero-order valence-corrected chi connectivity index (χ0v) is 18.4. The fourth-order valence-electron chi connectivity index (χ4n) is 3.72. The van der Waals surface area contributed by atoms with E-state index in [1.165, 1.54) is 75.0 Å². The third kappa shape index (κ3) is 8.31. The number of aromatic nitrogens is 1. The van der Waals surface area contributed by atoms with E-state index in [1.54, 1.807) is 6.07 Å². The predicted molar refractivity (Wildman–Crippen MR) is 121 cm³/mol. The van der Waals surface area contributed by atoms with Crippen LogP contribution in [0.25, 0.3) is 10.9 Å². The number of benzene rings is 1. The standard InChI is InChI=1S/C25H37NO4/c1-2-3-4-5-6-7-8-9-10-11-12-15-18-29-21-30-25(28)26-19-22(20-27)23-16-13-14-17-24(23)26/h13-14,16-17,19-20H,2-12,15,18,21H2,1H3. The van der Waals surface area contributed by atoms with E-state index in [9.17, 15) is 9.59 Å². The molecular weight excluding hydrogens is 378 g/mol. The second kappa shape index (κ2) is 14.8. The molecule has 166 valence electrons. The van der Waals surface area contributed by atoms with Crippen molar-refractivity contribution in [2.75, 3.05) is 13.4 Å². The Morgan fingerprint density at radius 1 is 0.900 bits per heavy atom. The number of unbranched alkanes of at least 4 members (excludes halogenated alkanes) is 11. The van der Waals surface area contributed by atoms with E-state index in [-0.39, 0.29) is 6.79 Å². The van der Waals surface area contributed by atoms with Crippen LogP contribution in [0.4, 0.5) is 4.79 Å². The smallest absolute Gasteiger partial charge is 0.420 e. The molecular formula is C25H37NO4. The molecule has 1 heterocycles. The molecule has 0 unspecified atom stereocenters. The van der Waals surface area contributed by atoms with Crippen molar-refractivity contribution in [2.24, 2.45) is 0 Å². The highest BCUT2D eigenvalue weighted by atomic mass is 16.7. The molecule has 0 atom stereocenters. The van der Waals surface area contributed by atoms with Gasteiger partial charge in [0.1, 0.15) is 0 Å². The van der Waals surface area contributed by atoms with Crippen molar-refractivity contribution in [1.29, 1.82) is 0 Å². The molecule has 0 radical (unpaired) electrons. The molecule has 0 N–H and O–H groups in total. The molecule has 2 aromatic rings. The molecule has 0 fully saturated rings. The van der Waals surface area contributed by atoms with Crippen LogP contribution in [0.3, 0.4) is 0 Å². The summed E-state index contributed by atoms with van der Waals surface area (Å²) >= 11 is 0. The number of ether oxygens (including phenoxy) is 2. The van der Waals surface area contributed by atoms with Crippen molar-refractivity contribution in [3.8, 4) is 0 Å². The summed E-state index contributed by atoms with van der Waals surface area (Å²) in [5.74, 6) is 0. The van der Waals surface area contributed by atoms with E-state index in [0.29, 0.717) is 17.7 Å². The van der Waals surface area contributed by atoms with Crippen molar-refractivity contribution < 1.29 is 19.1 Å². The van der Waals surface area contributed by atoms with Crippen LogP contribution in [0.5, 0.6) is 0 Å². The van der Waals surface area contributed by atoms with E-state index in [4.69, 9.17) is 9.47 Å². The predicted octanol–water partition coefficient (Wildman–Crippen LogP) is 7.11. The summed E-state index contributed by atoms with van der Waals surface area (Å²) in [4.78, 5) is 23.4. The molecule has 0 bridgehead atoms. The number of rotatable bonds is 16. The normalized spacial score (nSPS) is 11.1. The first kappa shape index (κ1) is 24.1. The Morgan fingerprint density at radius 2 is 1.50 bits per heavy atom. The van der Waals surface area contributed by atoms with Crippen LogP contribution < -0.4 is 0 Å². The summed E-state index contributed by atoms with van der Waals surface area (Å²) in [6, 6.07) is 7.26. The van der Waals surface area contributed by atoms with Gasteiger partial charge >= 0.3 is 6.09 Å². The van der Waals surface area contributed by atoms with Gasteiger partial charge in [-0.25, -0.2) is 4.79 Å². The highest BCUT2D eigenvalue weighted by molar-refractivity contribution is 6.01. The van der Waals surface area contributed by atoms with Gasteiger partial charge < -0.3 is 9.47 Å². The summed E-state index contributed by atoms with van der Waals surface area (Å²) in [6.07, 6.45) is 17.3. The topological polar surface area (TPSA) is 57.5 Å². The number of hydrogen-bond acceptors (Lipinski definition) is 4. The monoisotopic (exact) mass is 415 g/mol. The van der Waals surface area contributed by atoms with Gasteiger partial charge in [-0.05, 0) is 12.5 Å². The Balaban J connectivity index is 1.48. The lowest BCUT2D eigenvalue weighted by Crippen LogP contribution is -2.15. The Bertz CT molecular complexity index is 753. The maximum Gasteiger partial charge on any atom is 0.420 e. The molecule has 0 spiro atoms. The fourth-order valence-corrected chi connectivity index (χ4v) is 3.72. The SMILES string of the molecule is CCCCCCCCCCCCCCOCOC(=O)n1cc(C=O)c2ccccc21.